The molecule has 1 amide bonds. The number of aromatic nitrogens is 2. The number of nitrogens with zero attached hydrogens (tertiary/aromatic N) is 2. The van der Waals surface area contributed by atoms with Crippen molar-refractivity contribution in [1.29, 1.82) is 0 Å². The number of aryl methyl sites for hydroxylation is 2. The van der Waals surface area contributed by atoms with Crippen LogP contribution in [0.5, 0.6) is 0 Å². The Balaban J connectivity index is 1.98. The molecule has 0 saturated heterocycles. The number of amides is 1. The maximum Gasteiger partial charge on any atom is 0.237 e. The lowest BCUT2D eigenvalue weighted by molar-refractivity contribution is -0.124. The Morgan fingerprint density at radius 1 is 1.63 bits per heavy atom. The van der Waals surface area contributed by atoms with Crippen molar-refractivity contribution >= 4 is 5.91 Å². The van der Waals surface area contributed by atoms with E-state index in [2.05, 4.69) is 16.5 Å². The molecule has 0 aromatic carbocycles. The molecule has 1 heterocycles. The number of primary amides is 1. The van der Waals surface area contributed by atoms with Crippen molar-refractivity contribution in [2.75, 3.05) is 0 Å². The molecule has 0 aliphatic heterocycles. The van der Waals surface area contributed by atoms with E-state index in [1.54, 1.807) is 0 Å². The molecule has 19 heavy (non-hydrogen) atoms. The van der Waals surface area contributed by atoms with Gasteiger partial charge in [-0.05, 0) is 31.6 Å². The lowest BCUT2D eigenvalue weighted by Crippen LogP contribution is -2.54. The summed E-state index contributed by atoms with van der Waals surface area (Å²) in [7, 11) is 0. The summed E-state index contributed by atoms with van der Waals surface area (Å²) in [6.45, 7) is 3.01. The van der Waals surface area contributed by atoms with Crippen LogP contribution in [0.25, 0.3) is 0 Å². The summed E-state index contributed by atoms with van der Waals surface area (Å²) in [6, 6.07) is 0. The third kappa shape index (κ3) is 2.81. The van der Waals surface area contributed by atoms with Gasteiger partial charge in [-0.25, -0.2) is 4.98 Å². The largest absolute Gasteiger partial charge is 0.368 e. The normalized spacial score (nSPS) is 26.7. The summed E-state index contributed by atoms with van der Waals surface area (Å²) in [6.07, 6.45) is 9.52. The van der Waals surface area contributed by atoms with Crippen molar-refractivity contribution in [3.63, 3.8) is 0 Å². The van der Waals surface area contributed by atoms with Crippen LogP contribution in [0.2, 0.25) is 0 Å². The third-order valence-corrected chi connectivity index (χ3v) is 4.32. The van der Waals surface area contributed by atoms with Crippen molar-refractivity contribution in [3.8, 4) is 0 Å². The summed E-state index contributed by atoms with van der Waals surface area (Å²) in [5, 5.41) is 0. The molecule has 0 spiro atoms. The monoisotopic (exact) mass is 264 g/mol. The van der Waals surface area contributed by atoms with Gasteiger partial charge in [-0.2, -0.15) is 0 Å². The van der Waals surface area contributed by atoms with E-state index in [9.17, 15) is 4.79 Å². The maximum atomic E-state index is 11.5. The Morgan fingerprint density at radius 3 is 3.11 bits per heavy atom. The Labute approximate surface area is 114 Å². The van der Waals surface area contributed by atoms with Crippen LogP contribution in [0.15, 0.2) is 12.4 Å². The summed E-state index contributed by atoms with van der Waals surface area (Å²) < 4.78 is 2.17. The first-order valence-corrected chi connectivity index (χ1v) is 7.16. The highest BCUT2D eigenvalue weighted by atomic mass is 16.1. The fourth-order valence-electron chi connectivity index (χ4n) is 3.12. The van der Waals surface area contributed by atoms with Gasteiger partial charge in [0.2, 0.25) is 5.91 Å². The Bertz CT molecular complexity index is 442. The molecule has 4 N–H and O–H groups in total. The first kappa shape index (κ1) is 14.1. The van der Waals surface area contributed by atoms with Crippen molar-refractivity contribution in [3.05, 3.63) is 18.2 Å². The first-order valence-electron chi connectivity index (χ1n) is 7.16. The van der Waals surface area contributed by atoms with Crippen LogP contribution in [-0.4, -0.2) is 21.0 Å². The van der Waals surface area contributed by atoms with Crippen molar-refractivity contribution in [2.45, 2.75) is 57.5 Å². The quantitative estimate of drug-likeness (QED) is 0.809. The minimum atomic E-state index is -0.800. The highest BCUT2D eigenvalue weighted by molar-refractivity contribution is 5.85. The molecule has 106 valence electrons. The summed E-state index contributed by atoms with van der Waals surface area (Å²) in [5.41, 5.74) is 10.8. The second-order valence-corrected chi connectivity index (χ2v) is 5.57. The summed E-state index contributed by atoms with van der Waals surface area (Å²) >= 11 is 0. The minimum Gasteiger partial charge on any atom is -0.368 e. The zero-order chi connectivity index (χ0) is 13.9. The zero-order valence-electron chi connectivity index (χ0n) is 11.6. The van der Waals surface area contributed by atoms with Gasteiger partial charge in [0, 0.05) is 25.4 Å². The number of carbonyl (C=O) groups is 1. The summed E-state index contributed by atoms with van der Waals surface area (Å²) in [4.78, 5) is 15.9. The van der Waals surface area contributed by atoms with Crippen LogP contribution in [-0.2, 0) is 17.8 Å². The summed E-state index contributed by atoms with van der Waals surface area (Å²) in [5.74, 6) is 0.957. The highest BCUT2D eigenvalue weighted by Crippen LogP contribution is 2.36. The van der Waals surface area contributed by atoms with Crippen LogP contribution in [0.4, 0.5) is 0 Å². The lowest BCUT2D eigenvalue weighted by Gasteiger charge is -2.28. The van der Waals surface area contributed by atoms with Gasteiger partial charge in [0.1, 0.15) is 5.82 Å². The van der Waals surface area contributed by atoms with E-state index in [1.165, 1.54) is 0 Å². The number of nitrogens with two attached hydrogens (primary N) is 2. The van der Waals surface area contributed by atoms with E-state index in [0.29, 0.717) is 0 Å². The van der Waals surface area contributed by atoms with E-state index in [1.807, 2.05) is 12.4 Å². The Kier molecular flexibility index (Phi) is 4.24. The van der Waals surface area contributed by atoms with Gasteiger partial charge in [-0.15, -0.1) is 0 Å². The highest BCUT2D eigenvalue weighted by Gasteiger charge is 2.43. The van der Waals surface area contributed by atoms with Gasteiger partial charge in [0.15, 0.2) is 0 Å². The Hall–Kier alpha value is -1.36. The second kappa shape index (κ2) is 5.74. The molecule has 2 atom stereocenters. The molecule has 2 unspecified atom stereocenters. The third-order valence-electron chi connectivity index (χ3n) is 4.32. The molecule has 2 rings (SSSR count). The Morgan fingerprint density at radius 2 is 2.42 bits per heavy atom. The maximum absolute atomic E-state index is 11.5. The van der Waals surface area contributed by atoms with Crippen molar-refractivity contribution < 1.29 is 4.79 Å². The number of rotatable bonds is 6. The predicted molar refractivity (Wildman–Crippen MR) is 74.3 cm³/mol. The van der Waals surface area contributed by atoms with Gasteiger partial charge < -0.3 is 16.0 Å². The molecule has 1 aliphatic rings. The standard InChI is InChI=1S/C14H24N4O/c1-2-4-12-17-8-10-18(12)9-6-11-5-3-7-14(11,16)13(15)19/h8,10-11H,2-7,9,16H2,1H3,(H2,15,19). The molecule has 1 saturated carbocycles. The van der Waals surface area contributed by atoms with Gasteiger partial charge in [0.05, 0.1) is 5.54 Å². The van der Waals surface area contributed by atoms with Gasteiger partial charge in [-0.1, -0.05) is 13.3 Å². The van der Waals surface area contributed by atoms with Gasteiger partial charge in [-0.3, -0.25) is 4.79 Å². The predicted octanol–water partition coefficient (Wildman–Crippen LogP) is 1.21. The van der Waals surface area contributed by atoms with E-state index in [0.717, 1.165) is 50.9 Å². The van der Waals surface area contributed by atoms with E-state index in [4.69, 9.17) is 11.5 Å². The number of carbonyl (C=O) groups excluding carboxylic acids is 1. The molecular formula is C14H24N4O. The van der Waals surface area contributed by atoms with Crippen LogP contribution in [0.1, 0.15) is 44.9 Å². The van der Waals surface area contributed by atoms with Crippen molar-refractivity contribution in [1.82, 2.24) is 9.55 Å². The second-order valence-electron chi connectivity index (χ2n) is 5.57. The molecule has 0 bridgehead atoms. The number of hydrogen-bond acceptors (Lipinski definition) is 3. The zero-order valence-corrected chi connectivity index (χ0v) is 11.6. The van der Waals surface area contributed by atoms with Crippen LogP contribution in [0.3, 0.4) is 0 Å². The number of hydrogen-bond donors (Lipinski definition) is 2. The SMILES string of the molecule is CCCc1nccn1CCC1CCCC1(N)C(N)=O. The van der Waals surface area contributed by atoms with Crippen molar-refractivity contribution in [2.24, 2.45) is 17.4 Å². The van der Waals surface area contributed by atoms with E-state index >= 15 is 0 Å². The fraction of sp³-hybridized carbons (Fsp3) is 0.714. The molecule has 1 aromatic heterocycles. The topological polar surface area (TPSA) is 86.9 Å². The molecule has 1 aromatic rings. The number of imidazole rings is 1. The molecule has 5 nitrogen and oxygen atoms in total. The minimum absolute atomic E-state index is 0.196. The molecule has 0 radical (unpaired) electrons. The van der Waals surface area contributed by atoms with Crippen LogP contribution < -0.4 is 11.5 Å². The molecule has 5 heteroatoms. The fourth-order valence-corrected chi connectivity index (χ4v) is 3.12. The van der Waals surface area contributed by atoms with E-state index in [-0.39, 0.29) is 11.8 Å². The van der Waals surface area contributed by atoms with Crippen LogP contribution >= 0.6 is 0 Å². The van der Waals surface area contributed by atoms with Crippen LogP contribution in [0, 0.1) is 5.92 Å². The van der Waals surface area contributed by atoms with Gasteiger partial charge >= 0.3 is 0 Å². The smallest absolute Gasteiger partial charge is 0.237 e. The average Bonchev–Trinajstić information content (AvgIpc) is 2.95. The molecule has 1 aliphatic carbocycles. The van der Waals surface area contributed by atoms with Gasteiger partial charge in [0.25, 0.3) is 0 Å². The lowest BCUT2D eigenvalue weighted by atomic mass is 9.85. The average molecular weight is 264 g/mol. The van der Waals surface area contributed by atoms with E-state index < -0.39 is 5.54 Å². The molecular weight excluding hydrogens is 240 g/mol. The molecule has 1 fully saturated rings. The first-order chi connectivity index (χ1) is 9.08.